The molecule has 0 heterocycles. The molecule has 0 spiro atoms. The zero-order valence-corrected chi connectivity index (χ0v) is 13.9. The SMILES string of the molecule is Cc1ccc(OCCCNC(=O)C(N)CCS(C)(=O)=O)cc1. The van der Waals surface area contributed by atoms with Crippen molar-refractivity contribution in [3.05, 3.63) is 29.8 Å². The lowest BCUT2D eigenvalue weighted by atomic mass is 10.2. The van der Waals surface area contributed by atoms with Gasteiger partial charge in [0.05, 0.1) is 18.4 Å². The zero-order valence-electron chi connectivity index (χ0n) is 13.0. The monoisotopic (exact) mass is 328 g/mol. The number of nitrogens with one attached hydrogen (secondary N) is 1. The van der Waals surface area contributed by atoms with Gasteiger partial charge in [-0.2, -0.15) is 0 Å². The molecule has 22 heavy (non-hydrogen) atoms. The van der Waals surface area contributed by atoms with Crippen LogP contribution in [0.5, 0.6) is 5.75 Å². The molecule has 1 unspecified atom stereocenters. The first-order valence-electron chi connectivity index (χ1n) is 7.18. The zero-order chi connectivity index (χ0) is 16.6. The van der Waals surface area contributed by atoms with Gasteiger partial charge in [-0.25, -0.2) is 8.42 Å². The lowest BCUT2D eigenvalue weighted by Gasteiger charge is -2.12. The average Bonchev–Trinajstić information content (AvgIpc) is 2.45. The van der Waals surface area contributed by atoms with E-state index in [2.05, 4.69) is 5.32 Å². The van der Waals surface area contributed by atoms with Crippen LogP contribution in [0.2, 0.25) is 0 Å². The van der Waals surface area contributed by atoms with Crippen LogP contribution in [0, 0.1) is 6.92 Å². The molecule has 0 fully saturated rings. The van der Waals surface area contributed by atoms with Crippen molar-refractivity contribution >= 4 is 15.7 Å². The largest absolute Gasteiger partial charge is 0.494 e. The lowest BCUT2D eigenvalue weighted by molar-refractivity contribution is -0.122. The summed E-state index contributed by atoms with van der Waals surface area (Å²) in [4.78, 5) is 11.7. The molecule has 0 aliphatic heterocycles. The Kier molecular flexibility index (Phi) is 7.34. The minimum absolute atomic E-state index is 0.0852. The third kappa shape index (κ3) is 7.99. The van der Waals surface area contributed by atoms with Gasteiger partial charge in [-0.05, 0) is 31.9 Å². The Morgan fingerprint density at radius 2 is 1.95 bits per heavy atom. The van der Waals surface area contributed by atoms with E-state index in [4.69, 9.17) is 10.5 Å². The number of sulfone groups is 1. The van der Waals surface area contributed by atoms with E-state index in [0.717, 1.165) is 12.0 Å². The van der Waals surface area contributed by atoms with Crippen LogP contribution in [0.3, 0.4) is 0 Å². The van der Waals surface area contributed by atoms with Gasteiger partial charge < -0.3 is 15.8 Å². The summed E-state index contributed by atoms with van der Waals surface area (Å²) in [5, 5.41) is 2.68. The van der Waals surface area contributed by atoms with Crippen molar-refractivity contribution in [3.8, 4) is 5.75 Å². The van der Waals surface area contributed by atoms with Gasteiger partial charge in [0.25, 0.3) is 0 Å². The van der Waals surface area contributed by atoms with Gasteiger partial charge >= 0.3 is 0 Å². The highest BCUT2D eigenvalue weighted by atomic mass is 32.2. The smallest absolute Gasteiger partial charge is 0.236 e. The second kappa shape index (κ2) is 8.75. The molecule has 0 radical (unpaired) electrons. The van der Waals surface area contributed by atoms with Crippen LogP contribution < -0.4 is 15.8 Å². The number of carbonyl (C=O) groups excluding carboxylic acids is 1. The first kappa shape index (κ1) is 18.4. The van der Waals surface area contributed by atoms with Crippen molar-refractivity contribution in [2.75, 3.05) is 25.2 Å². The van der Waals surface area contributed by atoms with Crippen molar-refractivity contribution in [1.82, 2.24) is 5.32 Å². The molecule has 0 saturated carbocycles. The predicted octanol–water partition coefficient (Wildman–Crippen LogP) is 0.642. The number of ether oxygens (including phenoxy) is 1. The fourth-order valence-electron chi connectivity index (χ4n) is 1.71. The van der Waals surface area contributed by atoms with Crippen LogP contribution in [0.4, 0.5) is 0 Å². The van der Waals surface area contributed by atoms with Gasteiger partial charge in [-0.1, -0.05) is 17.7 Å². The highest BCUT2D eigenvalue weighted by Gasteiger charge is 2.15. The van der Waals surface area contributed by atoms with E-state index in [9.17, 15) is 13.2 Å². The van der Waals surface area contributed by atoms with E-state index >= 15 is 0 Å². The topological polar surface area (TPSA) is 98.5 Å². The fourth-order valence-corrected chi connectivity index (χ4v) is 2.39. The van der Waals surface area contributed by atoms with Gasteiger partial charge in [0.1, 0.15) is 15.6 Å². The molecule has 1 aromatic carbocycles. The van der Waals surface area contributed by atoms with Crippen LogP contribution in [0.25, 0.3) is 0 Å². The Morgan fingerprint density at radius 1 is 1.32 bits per heavy atom. The predicted molar refractivity (Wildman–Crippen MR) is 86.6 cm³/mol. The fraction of sp³-hybridized carbons (Fsp3) is 0.533. The third-order valence-corrected chi connectivity index (χ3v) is 4.02. The second-order valence-corrected chi connectivity index (χ2v) is 7.59. The van der Waals surface area contributed by atoms with Gasteiger partial charge in [0.15, 0.2) is 0 Å². The summed E-state index contributed by atoms with van der Waals surface area (Å²) in [6.45, 7) is 2.94. The van der Waals surface area contributed by atoms with Gasteiger partial charge in [-0.3, -0.25) is 4.79 Å². The molecule has 0 aliphatic rings. The van der Waals surface area contributed by atoms with Gasteiger partial charge in [0.2, 0.25) is 5.91 Å². The second-order valence-electron chi connectivity index (χ2n) is 5.33. The summed E-state index contributed by atoms with van der Waals surface area (Å²) < 4.78 is 27.6. The van der Waals surface area contributed by atoms with Crippen molar-refractivity contribution in [2.45, 2.75) is 25.8 Å². The Labute approximate surface area is 132 Å². The van der Waals surface area contributed by atoms with Crippen molar-refractivity contribution in [2.24, 2.45) is 5.73 Å². The normalized spacial score (nSPS) is 12.7. The molecular formula is C15H24N2O4S. The number of hydrogen-bond acceptors (Lipinski definition) is 5. The average molecular weight is 328 g/mol. The Balaban J connectivity index is 2.15. The van der Waals surface area contributed by atoms with E-state index in [1.54, 1.807) is 0 Å². The van der Waals surface area contributed by atoms with E-state index < -0.39 is 15.9 Å². The van der Waals surface area contributed by atoms with Crippen molar-refractivity contribution < 1.29 is 17.9 Å². The molecule has 0 aromatic heterocycles. The Hall–Kier alpha value is -1.60. The van der Waals surface area contributed by atoms with E-state index in [-0.39, 0.29) is 18.1 Å². The highest BCUT2D eigenvalue weighted by Crippen LogP contribution is 2.11. The minimum Gasteiger partial charge on any atom is -0.494 e. The standard InChI is InChI=1S/C15H24N2O4S/c1-12-4-6-13(7-5-12)21-10-3-9-17-15(18)14(16)8-11-22(2,19)20/h4-7,14H,3,8-11,16H2,1-2H3,(H,17,18). The van der Waals surface area contributed by atoms with E-state index in [1.807, 2.05) is 31.2 Å². The van der Waals surface area contributed by atoms with Crippen LogP contribution in [-0.4, -0.2) is 45.5 Å². The first-order valence-corrected chi connectivity index (χ1v) is 9.24. The molecule has 1 atom stereocenters. The Morgan fingerprint density at radius 3 is 2.55 bits per heavy atom. The number of amides is 1. The summed E-state index contributed by atoms with van der Waals surface area (Å²) >= 11 is 0. The summed E-state index contributed by atoms with van der Waals surface area (Å²) in [7, 11) is -3.10. The molecule has 1 amide bonds. The number of nitrogens with two attached hydrogens (primary N) is 1. The van der Waals surface area contributed by atoms with Crippen LogP contribution in [0.15, 0.2) is 24.3 Å². The minimum atomic E-state index is -3.10. The maximum Gasteiger partial charge on any atom is 0.236 e. The molecule has 124 valence electrons. The van der Waals surface area contributed by atoms with E-state index in [1.165, 1.54) is 5.56 Å². The number of carbonyl (C=O) groups is 1. The number of rotatable bonds is 9. The molecule has 0 aliphatic carbocycles. The molecular weight excluding hydrogens is 304 g/mol. The number of hydrogen-bond donors (Lipinski definition) is 2. The molecule has 7 heteroatoms. The summed E-state index contributed by atoms with van der Waals surface area (Å²) in [6.07, 6.45) is 1.91. The maximum absolute atomic E-state index is 11.7. The van der Waals surface area contributed by atoms with Crippen LogP contribution >= 0.6 is 0 Å². The summed E-state index contributed by atoms with van der Waals surface area (Å²) in [5.74, 6) is 0.374. The highest BCUT2D eigenvalue weighted by molar-refractivity contribution is 7.90. The molecule has 3 N–H and O–H groups in total. The molecule has 0 saturated heterocycles. The van der Waals surface area contributed by atoms with Crippen LogP contribution in [-0.2, 0) is 14.6 Å². The van der Waals surface area contributed by atoms with E-state index in [0.29, 0.717) is 19.6 Å². The number of aryl methyl sites for hydroxylation is 1. The molecule has 1 aromatic rings. The van der Waals surface area contributed by atoms with Crippen molar-refractivity contribution in [3.63, 3.8) is 0 Å². The quantitative estimate of drug-likeness (QED) is 0.648. The van der Waals surface area contributed by atoms with Gasteiger partial charge in [-0.15, -0.1) is 0 Å². The molecule has 0 bridgehead atoms. The Bertz CT molecular complexity index is 570. The lowest BCUT2D eigenvalue weighted by Crippen LogP contribution is -2.42. The first-order chi connectivity index (χ1) is 10.3. The number of benzene rings is 1. The van der Waals surface area contributed by atoms with Crippen LogP contribution in [0.1, 0.15) is 18.4 Å². The molecule has 6 nitrogen and oxygen atoms in total. The summed E-state index contributed by atoms with van der Waals surface area (Å²) in [6, 6.07) is 6.94. The molecule has 1 rings (SSSR count). The van der Waals surface area contributed by atoms with Crippen molar-refractivity contribution in [1.29, 1.82) is 0 Å². The maximum atomic E-state index is 11.7. The third-order valence-electron chi connectivity index (χ3n) is 3.05. The summed E-state index contributed by atoms with van der Waals surface area (Å²) in [5.41, 5.74) is 6.81. The van der Waals surface area contributed by atoms with Gasteiger partial charge in [0, 0.05) is 12.8 Å².